The fraction of sp³-hybridized carbons (Fsp3) is 0.625. The topological polar surface area (TPSA) is 24.5 Å². The Morgan fingerprint density at radius 2 is 1.83 bits per heavy atom. The second-order valence-electron chi connectivity index (χ2n) is 5.82. The average molecular weight is 386 g/mol. The van der Waals surface area contributed by atoms with E-state index in [0.717, 1.165) is 57.8 Å². The van der Waals surface area contributed by atoms with Crippen LogP contribution in [0.3, 0.4) is 0 Å². The van der Waals surface area contributed by atoms with Crippen LogP contribution in [0.15, 0.2) is 18.2 Å². The fourth-order valence-electron chi connectivity index (χ4n) is 3.49. The molecule has 0 aromatic heterocycles. The Bertz CT molecular complexity index is 462. The number of nitrogens with zero attached hydrogens (tertiary/aromatic N) is 1. The van der Waals surface area contributed by atoms with E-state index in [4.69, 9.17) is 16.3 Å². The van der Waals surface area contributed by atoms with Crippen LogP contribution < -0.4 is 5.32 Å². The van der Waals surface area contributed by atoms with Crippen LogP contribution in [0.1, 0.15) is 24.4 Å². The van der Waals surface area contributed by atoms with Gasteiger partial charge < -0.3 is 10.1 Å². The molecule has 1 atom stereocenters. The van der Waals surface area contributed by atoms with Crippen LogP contribution in [-0.2, 0) is 4.74 Å². The van der Waals surface area contributed by atoms with Crippen LogP contribution in [0.4, 0.5) is 4.39 Å². The molecule has 0 bridgehead atoms. The van der Waals surface area contributed by atoms with Gasteiger partial charge in [-0.3, -0.25) is 4.90 Å². The highest BCUT2D eigenvalue weighted by atomic mass is 35.5. The monoisotopic (exact) mass is 384 g/mol. The first-order valence-corrected chi connectivity index (χ1v) is 8.11. The lowest BCUT2D eigenvalue weighted by atomic mass is 9.85. The summed E-state index contributed by atoms with van der Waals surface area (Å²) < 4.78 is 20.0. The van der Waals surface area contributed by atoms with Crippen molar-refractivity contribution in [1.29, 1.82) is 0 Å². The quantitative estimate of drug-likeness (QED) is 0.858. The summed E-state index contributed by atoms with van der Waals surface area (Å²) in [5.74, 6) is 0.180. The molecule has 132 valence electrons. The lowest BCUT2D eigenvalue weighted by Crippen LogP contribution is -2.47. The van der Waals surface area contributed by atoms with Crippen molar-refractivity contribution >= 4 is 36.4 Å². The zero-order valence-corrected chi connectivity index (χ0v) is 15.4. The Kier molecular flexibility index (Phi) is 9.12. The van der Waals surface area contributed by atoms with E-state index in [0.29, 0.717) is 5.92 Å². The molecule has 0 radical (unpaired) electrons. The lowest BCUT2D eigenvalue weighted by Gasteiger charge is -2.41. The van der Waals surface area contributed by atoms with Crippen molar-refractivity contribution < 1.29 is 9.13 Å². The van der Waals surface area contributed by atoms with Crippen LogP contribution in [-0.4, -0.2) is 44.3 Å². The summed E-state index contributed by atoms with van der Waals surface area (Å²) in [7, 11) is 0. The largest absolute Gasteiger partial charge is 0.381 e. The summed E-state index contributed by atoms with van der Waals surface area (Å²) in [6.45, 7) is 5.37. The van der Waals surface area contributed by atoms with Crippen LogP contribution >= 0.6 is 36.4 Å². The van der Waals surface area contributed by atoms with Gasteiger partial charge in [-0.25, -0.2) is 4.39 Å². The van der Waals surface area contributed by atoms with Gasteiger partial charge in [0.1, 0.15) is 5.82 Å². The summed E-state index contributed by atoms with van der Waals surface area (Å²) >= 11 is 6.01. The maximum absolute atomic E-state index is 14.6. The van der Waals surface area contributed by atoms with Crippen LogP contribution in [0.25, 0.3) is 0 Å². The molecule has 1 N–H and O–H groups in total. The van der Waals surface area contributed by atoms with Crippen molar-refractivity contribution in [3.8, 4) is 0 Å². The summed E-state index contributed by atoms with van der Waals surface area (Å²) in [4.78, 5) is 2.40. The normalized spacial score (nSPS) is 21.1. The van der Waals surface area contributed by atoms with Crippen molar-refractivity contribution in [1.82, 2.24) is 10.2 Å². The van der Waals surface area contributed by atoms with Crippen molar-refractivity contribution in [2.75, 3.05) is 39.4 Å². The third-order valence-corrected chi connectivity index (χ3v) is 4.85. The fourth-order valence-corrected chi connectivity index (χ4v) is 3.67. The number of nitrogens with one attached hydrogen (secondary N) is 1. The van der Waals surface area contributed by atoms with E-state index in [1.165, 1.54) is 0 Å². The molecule has 2 saturated heterocycles. The third kappa shape index (κ3) is 4.94. The van der Waals surface area contributed by atoms with E-state index >= 15 is 0 Å². The Labute approximate surface area is 154 Å². The summed E-state index contributed by atoms with van der Waals surface area (Å²) in [5.41, 5.74) is 0.747. The van der Waals surface area contributed by atoms with Gasteiger partial charge in [-0.05, 0) is 24.8 Å². The predicted octanol–water partition coefficient (Wildman–Crippen LogP) is 3.70. The zero-order valence-electron chi connectivity index (χ0n) is 13.0. The van der Waals surface area contributed by atoms with E-state index in [1.54, 1.807) is 6.07 Å². The third-order valence-electron chi connectivity index (χ3n) is 4.56. The van der Waals surface area contributed by atoms with Gasteiger partial charge in [0.15, 0.2) is 0 Å². The zero-order chi connectivity index (χ0) is 14.7. The first-order valence-electron chi connectivity index (χ1n) is 7.74. The Hall–Kier alpha value is -0.100. The van der Waals surface area contributed by atoms with Gasteiger partial charge in [0.25, 0.3) is 0 Å². The van der Waals surface area contributed by atoms with E-state index < -0.39 is 0 Å². The first kappa shape index (κ1) is 20.9. The summed E-state index contributed by atoms with van der Waals surface area (Å²) in [5, 5.41) is 3.59. The lowest BCUT2D eigenvalue weighted by molar-refractivity contribution is 0.0203. The second-order valence-corrected chi connectivity index (χ2v) is 6.23. The number of hydrogen-bond acceptors (Lipinski definition) is 3. The molecule has 23 heavy (non-hydrogen) atoms. The van der Waals surface area contributed by atoms with Gasteiger partial charge in [0.2, 0.25) is 0 Å². The standard InChI is InChI=1S/C16H22ClFN2O.2ClH/c17-14-3-1-2-13(15(14)18)16(12-4-10-21-11-5-12)20-8-6-19-7-9-20;;/h1-3,12,16,19H,4-11H2;2*1H/t16-;;/m1../s1. The maximum atomic E-state index is 14.6. The van der Waals surface area contributed by atoms with E-state index in [9.17, 15) is 4.39 Å². The van der Waals surface area contributed by atoms with Gasteiger partial charge in [-0.1, -0.05) is 23.7 Å². The molecule has 0 amide bonds. The van der Waals surface area contributed by atoms with Crippen LogP contribution in [0.5, 0.6) is 0 Å². The van der Waals surface area contributed by atoms with Crippen molar-refractivity contribution in [2.45, 2.75) is 18.9 Å². The van der Waals surface area contributed by atoms with Crippen molar-refractivity contribution in [3.63, 3.8) is 0 Å². The average Bonchev–Trinajstić information content (AvgIpc) is 2.54. The Morgan fingerprint density at radius 1 is 1.17 bits per heavy atom. The number of hydrogen-bond donors (Lipinski definition) is 1. The molecular weight excluding hydrogens is 362 g/mol. The molecule has 1 aromatic carbocycles. The molecule has 0 unspecified atom stereocenters. The molecule has 0 spiro atoms. The van der Waals surface area contributed by atoms with Crippen LogP contribution in [0.2, 0.25) is 5.02 Å². The number of piperazine rings is 1. The molecule has 2 heterocycles. The highest BCUT2D eigenvalue weighted by molar-refractivity contribution is 6.30. The van der Waals surface area contributed by atoms with Gasteiger partial charge in [-0.2, -0.15) is 0 Å². The number of halogens is 4. The Balaban J connectivity index is 0.00000132. The number of ether oxygens (including phenoxy) is 1. The van der Waals surface area contributed by atoms with Crippen LogP contribution in [0, 0.1) is 11.7 Å². The molecule has 7 heteroatoms. The summed E-state index contributed by atoms with van der Waals surface area (Å²) in [6.07, 6.45) is 1.97. The molecule has 3 nitrogen and oxygen atoms in total. The van der Waals surface area contributed by atoms with Gasteiger partial charge in [0, 0.05) is 51.0 Å². The van der Waals surface area contributed by atoms with Crippen molar-refractivity contribution in [2.24, 2.45) is 5.92 Å². The molecule has 2 fully saturated rings. The van der Waals surface area contributed by atoms with E-state index in [2.05, 4.69) is 10.2 Å². The molecule has 3 rings (SSSR count). The number of rotatable bonds is 3. The van der Waals surface area contributed by atoms with Crippen molar-refractivity contribution in [3.05, 3.63) is 34.6 Å². The Morgan fingerprint density at radius 3 is 2.48 bits per heavy atom. The molecular formula is C16H24Cl3FN2O. The molecule has 1 aromatic rings. The maximum Gasteiger partial charge on any atom is 0.146 e. The number of benzene rings is 1. The van der Waals surface area contributed by atoms with E-state index in [-0.39, 0.29) is 41.7 Å². The highest BCUT2D eigenvalue weighted by Crippen LogP contribution is 2.37. The molecule has 0 saturated carbocycles. The smallest absolute Gasteiger partial charge is 0.146 e. The minimum atomic E-state index is -0.255. The first-order chi connectivity index (χ1) is 10.3. The molecule has 2 aliphatic heterocycles. The summed E-state index contributed by atoms with van der Waals surface area (Å²) in [6, 6.07) is 5.48. The van der Waals surface area contributed by atoms with Gasteiger partial charge >= 0.3 is 0 Å². The predicted molar refractivity (Wildman–Crippen MR) is 96.6 cm³/mol. The second kappa shape index (κ2) is 10.0. The minimum absolute atomic E-state index is 0. The minimum Gasteiger partial charge on any atom is -0.381 e. The highest BCUT2D eigenvalue weighted by Gasteiger charge is 2.33. The molecule has 0 aliphatic carbocycles. The molecule has 2 aliphatic rings. The van der Waals surface area contributed by atoms with Gasteiger partial charge in [0.05, 0.1) is 5.02 Å². The van der Waals surface area contributed by atoms with E-state index in [1.807, 2.05) is 12.1 Å². The van der Waals surface area contributed by atoms with Gasteiger partial charge in [-0.15, -0.1) is 24.8 Å². The SMILES string of the molecule is Cl.Cl.Fc1c(Cl)cccc1[C@@H](C1CCOCC1)N1CCNCC1.